The van der Waals surface area contributed by atoms with Crippen LogP contribution >= 0.6 is 0 Å². The summed E-state index contributed by atoms with van der Waals surface area (Å²) in [5, 5.41) is 9.84. The van der Waals surface area contributed by atoms with Gasteiger partial charge < -0.3 is 18.8 Å². The summed E-state index contributed by atoms with van der Waals surface area (Å²) in [6, 6.07) is 9.52. The molecule has 4 rings (SSSR count). The second kappa shape index (κ2) is 8.27. The molecule has 0 saturated heterocycles. The van der Waals surface area contributed by atoms with Gasteiger partial charge >= 0.3 is 5.97 Å². The van der Waals surface area contributed by atoms with Crippen LogP contribution in [0.25, 0.3) is 17.2 Å². The number of nitrogens with zero attached hydrogens (tertiary/aromatic N) is 3. The van der Waals surface area contributed by atoms with Crippen LogP contribution in [0.5, 0.6) is 5.75 Å². The summed E-state index contributed by atoms with van der Waals surface area (Å²) >= 11 is 0. The predicted molar refractivity (Wildman–Crippen MR) is 124 cm³/mol. The van der Waals surface area contributed by atoms with E-state index in [1.165, 1.54) is 6.26 Å². The molecule has 0 saturated carbocycles. The van der Waals surface area contributed by atoms with Crippen molar-refractivity contribution < 1.29 is 19.1 Å². The maximum atomic E-state index is 13.6. The Kier molecular flexibility index (Phi) is 5.61. The van der Waals surface area contributed by atoms with Crippen LogP contribution in [-0.4, -0.2) is 32.1 Å². The minimum Gasteiger partial charge on any atom is -0.496 e. The third-order valence-corrected chi connectivity index (χ3v) is 6.28. The van der Waals surface area contributed by atoms with E-state index >= 15 is 0 Å². The van der Waals surface area contributed by atoms with E-state index in [4.69, 9.17) is 9.15 Å². The lowest BCUT2D eigenvalue weighted by molar-refractivity contribution is -0.142. The average molecular weight is 450 g/mol. The van der Waals surface area contributed by atoms with Crippen LogP contribution in [0.1, 0.15) is 36.2 Å². The van der Waals surface area contributed by atoms with Gasteiger partial charge in [0.1, 0.15) is 23.4 Å². The highest BCUT2D eigenvalue weighted by atomic mass is 16.5. The molecule has 4 aromatic rings. The Morgan fingerprint density at radius 1 is 1.21 bits per heavy atom. The minimum atomic E-state index is -1.36. The first kappa shape index (κ1) is 22.4. The van der Waals surface area contributed by atoms with Gasteiger partial charge in [-0.2, -0.15) is 0 Å². The van der Waals surface area contributed by atoms with Gasteiger partial charge in [0.05, 0.1) is 24.4 Å². The summed E-state index contributed by atoms with van der Waals surface area (Å²) in [4.78, 5) is 29.9. The first-order valence-corrected chi connectivity index (χ1v) is 10.7. The Morgan fingerprint density at radius 2 is 1.91 bits per heavy atom. The topological polar surface area (TPSA) is 99.0 Å². The van der Waals surface area contributed by atoms with E-state index in [0.717, 1.165) is 16.9 Å². The van der Waals surface area contributed by atoms with Gasteiger partial charge in [-0.1, -0.05) is 18.2 Å². The van der Waals surface area contributed by atoms with Gasteiger partial charge in [-0.15, -0.1) is 0 Å². The van der Waals surface area contributed by atoms with Gasteiger partial charge in [-0.05, 0) is 56.9 Å². The van der Waals surface area contributed by atoms with Crippen molar-refractivity contribution in [2.75, 3.05) is 7.11 Å². The first-order chi connectivity index (χ1) is 15.7. The van der Waals surface area contributed by atoms with Gasteiger partial charge in [-0.25, -0.2) is 4.98 Å². The Hall–Kier alpha value is -3.81. The zero-order chi connectivity index (χ0) is 23.9. The lowest BCUT2D eigenvalue weighted by atomic mass is 9.84. The van der Waals surface area contributed by atoms with Crippen LogP contribution in [0, 0.1) is 6.92 Å². The van der Waals surface area contributed by atoms with Gasteiger partial charge in [0, 0.05) is 12.6 Å². The van der Waals surface area contributed by atoms with Crippen molar-refractivity contribution in [3.63, 3.8) is 0 Å². The highest BCUT2D eigenvalue weighted by molar-refractivity contribution is 5.80. The Morgan fingerprint density at radius 3 is 2.55 bits per heavy atom. The molecule has 0 amide bonds. The normalized spacial score (nSPS) is 11.8. The van der Waals surface area contributed by atoms with Crippen LogP contribution in [0.2, 0.25) is 0 Å². The second-order valence-electron chi connectivity index (χ2n) is 8.62. The van der Waals surface area contributed by atoms with E-state index in [0.29, 0.717) is 35.8 Å². The molecule has 0 aliphatic carbocycles. The molecule has 33 heavy (non-hydrogen) atoms. The third-order valence-electron chi connectivity index (χ3n) is 6.28. The van der Waals surface area contributed by atoms with Gasteiger partial charge in [-0.3, -0.25) is 14.0 Å². The molecular formula is C25H27N3O5. The maximum absolute atomic E-state index is 13.6. The van der Waals surface area contributed by atoms with E-state index in [-0.39, 0.29) is 11.1 Å². The molecule has 1 N–H and O–H groups in total. The Balaban J connectivity index is 1.97. The highest BCUT2D eigenvalue weighted by Gasteiger charge is 2.34. The highest BCUT2D eigenvalue weighted by Crippen LogP contribution is 2.30. The fourth-order valence-electron chi connectivity index (χ4n) is 4.36. The summed E-state index contributed by atoms with van der Waals surface area (Å²) in [6.07, 6.45) is 4.27. The number of carboxylic acid groups (broad SMARTS) is 1. The number of carboxylic acids is 1. The molecule has 0 radical (unpaired) electrons. The van der Waals surface area contributed by atoms with Crippen molar-refractivity contribution >= 4 is 11.6 Å². The van der Waals surface area contributed by atoms with Crippen molar-refractivity contribution in [3.8, 4) is 17.3 Å². The number of carbonyl (C=O) groups is 1. The molecule has 0 atom stereocenters. The van der Waals surface area contributed by atoms with Crippen LogP contribution in [0.4, 0.5) is 0 Å². The van der Waals surface area contributed by atoms with Crippen molar-refractivity contribution in [1.82, 2.24) is 14.0 Å². The smallest absolute Gasteiger partial charge is 0.313 e. The van der Waals surface area contributed by atoms with Gasteiger partial charge in [0.25, 0.3) is 5.56 Å². The lowest BCUT2D eigenvalue weighted by Gasteiger charge is -2.21. The quantitative estimate of drug-likeness (QED) is 0.461. The van der Waals surface area contributed by atoms with Crippen molar-refractivity contribution in [3.05, 3.63) is 75.5 Å². The molecule has 0 aliphatic heterocycles. The minimum absolute atomic E-state index is 0.232. The van der Waals surface area contributed by atoms with E-state index in [2.05, 4.69) is 4.98 Å². The number of aryl methyl sites for hydroxylation is 4. The summed E-state index contributed by atoms with van der Waals surface area (Å²) in [7, 11) is 3.49. The number of aliphatic carboxylic acids is 1. The predicted octanol–water partition coefficient (Wildman–Crippen LogP) is 3.76. The number of hydrogen-bond donors (Lipinski definition) is 1. The molecule has 0 bridgehead atoms. The molecule has 3 aromatic heterocycles. The number of para-hydroxylation sites is 1. The maximum Gasteiger partial charge on any atom is 0.313 e. The zero-order valence-corrected chi connectivity index (χ0v) is 19.4. The Bertz CT molecular complexity index is 1390. The number of fused-ring (bicyclic) bond motifs is 1. The Labute approximate surface area is 191 Å². The molecule has 0 aliphatic rings. The monoisotopic (exact) mass is 449 g/mol. The third kappa shape index (κ3) is 3.61. The van der Waals surface area contributed by atoms with Crippen molar-refractivity contribution in [2.45, 2.75) is 39.0 Å². The van der Waals surface area contributed by atoms with E-state index < -0.39 is 11.4 Å². The standard InChI is InChI=1S/C25H27N3O5/c1-15-20(21-26-12-13-33-21)27(4)22-17(11-10-16-8-6-7-9-19(16)32-5)14-18(23(29)28(15)22)25(2,3)24(30)31/h6-9,12-14H,10-11H2,1-5H3,(H,30,31). The van der Waals surface area contributed by atoms with E-state index in [9.17, 15) is 14.7 Å². The second-order valence-corrected chi connectivity index (χ2v) is 8.62. The van der Waals surface area contributed by atoms with Gasteiger partial charge in [0.15, 0.2) is 0 Å². The molecule has 8 heteroatoms. The van der Waals surface area contributed by atoms with Crippen molar-refractivity contribution in [2.24, 2.45) is 7.05 Å². The number of pyridine rings is 1. The first-order valence-electron chi connectivity index (χ1n) is 10.7. The molecule has 0 fully saturated rings. The number of benzene rings is 1. The van der Waals surface area contributed by atoms with Gasteiger partial charge in [0.2, 0.25) is 5.89 Å². The molecular weight excluding hydrogens is 422 g/mol. The SMILES string of the molecule is COc1ccccc1CCc1cc(C(C)(C)C(=O)O)c(=O)n2c(C)c(-c3ncco3)n(C)c12. The summed E-state index contributed by atoms with van der Waals surface area (Å²) in [5.41, 5.74) is 2.39. The molecule has 3 heterocycles. The number of ether oxygens (including phenoxy) is 1. The largest absolute Gasteiger partial charge is 0.496 e. The molecule has 0 unspecified atom stereocenters. The number of rotatable bonds is 7. The fourth-order valence-corrected chi connectivity index (χ4v) is 4.36. The number of oxazole rings is 1. The number of imidazole rings is 1. The summed E-state index contributed by atoms with van der Waals surface area (Å²) in [6.45, 7) is 4.92. The fraction of sp³-hybridized carbons (Fsp3) is 0.320. The number of methoxy groups -OCH3 is 1. The molecule has 172 valence electrons. The van der Waals surface area contributed by atoms with Crippen LogP contribution < -0.4 is 10.3 Å². The van der Waals surface area contributed by atoms with E-state index in [1.807, 2.05) is 42.8 Å². The average Bonchev–Trinajstić information content (AvgIpc) is 3.40. The van der Waals surface area contributed by atoms with E-state index in [1.54, 1.807) is 37.6 Å². The van der Waals surface area contributed by atoms with Crippen molar-refractivity contribution in [1.29, 1.82) is 0 Å². The zero-order valence-electron chi connectivity index (χ0n) is 19.4. The number of aromatic nitrogens is 3. The molecule has 0 spiro atoms. The van der Waals surface area contributed by atoms with Crippen LogP contribution in [0.3, 0.4) is 0 Å². The number of hydrogen-bond acceptors (Lipinski definition) is 5. The van der Waals surface area contributed by atoms with Crippen LogP contribution in [-0.2, 0) is 30.1 Å². The molecule has 8 nitrogen and oxygen atoms in total. The van der Waals surface area contributed by atoms with Crippen LogP contribution in [0.15, 0.2) is 52.0 Å². The summed E-state index contributed by atoms with van der Waals surface area (Å²) in [5.74, 6) is 0.126. The lowest BCUT2D eigenvalue weighted by Crippen LogP contribution is -2.36. The molecule has 1 aromatic carbocycles. The summed E-state index contributed by atoms with van der Waals surface area (Å²) < 4.78 is 14.5.